The van der Waals surface area contributed by atoms with Gasteiger partial charge in [0.15, 0.2) is 0 Å². The zero-order chi connectivity index (χ0) is 26.5. The van der Waals surface area contributed by atoms with Gasteiger partial charge in [0.05, 0.1) is 18.2 Å². The van der Waals surface area contributed by atoms with E-state index in [9.17, 15) is 14.0 Å². The van der Waals surface area contributed by atoms with Gasteiger partial charge in [0, 0.05) is 34.2 Å². The fraction of sp³-hybridized carbons (Fsp3) is 0.0741. The maximum Gasteiger partial charge on any atom is 0.260 e. The van der Waals surface area contributed by atoms with E-state index in [1.54, 1.807) is 12.3 Å². The van der Waals surface area contributed by atoms with E-state index < -0.39 is 17.6 Å². The highest BCUT2D eigenvalue weighted by Gasteiger charge is 2.15. The molecular formula is C27H20ClFN6O2S. The van der Waals surface area contributed by atoms with Crippen LogP contribution in [0.15, 0.2) is 84.1 Å². The molecule has 0 aliphatic heterocycles. The molecule has 8 nitrogen and oxygen atoms in total. The lowest BCUT2D eigenvalue weighted by atomic mass is 10.2. The molecule has 2 amide bonds. The van der Waals surface area contributed by atoms with Gasteiger partial charge < -0.3 is 4.57 Å². The van der Waals surface area contributed by atoms with Crippen LogP contribution in [0.25, 0.3) is 10.9 Å². The van der Waals surface area contributed by atoms with E-state index in [0.29, 0.717) is 16.6 Å². The number of halogens is 2. The monoisotopic (exact) mass is 546 g/mol. The van der Waals surface area contributed by atoms with Crippen LogP contribution in [0.4, 0.5) is 9.52 Å². The summed E-state index contributed by atoms with van der Waals surface area (Å²) in [4.78, 5) is 24.6. The number of nitrogens with zero attached hydrogens (tertiary/aromatic N) is 4. The van der Waals surface area contributed by atoms with Crippen LogP contribution in [-0.2, 0) is 17.8 Å². The van der Waals surface area contributed by atoms with E-state index in [1.165, 1.54) is 18.2 Å². The third kappa shape index (κ3) is 5.93. The zero-order valence-corrected chi connectivity index (χ0v) is 21.3. The standard InChI is InChI=1S/C27H20ClFN6O2S/c28-19-11-9-17(10-12-19)15-35-16-18(20-5-2-4-8-23(20)35)14-30-32-24(36)13-25-33-34-27(38-25)31-26(37)21-6-1-3-7-22(21)29/h1-12,14,16H,13,15H2,(H,32,36)(H,31,34,37)/b30-14+. The van der Waals surface area contributed by atoms with E-state index in [2.05, 4.69) is 30.6 Å². The number of anilines is 1. The van der Waals surface area contributed by atoms with E-state index in [0.717, 1.165) is 33.4 Å². The predicted octanol–water partition coefficient (Wildman–Crippen LogP) is 5.28. The Morgan fingerprint density at radius 1 is 1.03 bits per heavy atom. The lowest BCUT2D eigenvalue weighted by Gasteiger charge is -2.05. The van der Waals surface area contributed by atoms with Crippen molar-refractivity contribution in [1.29, 1.82) is 0 Å². The number of benzene rings is 3. The summed E-state index contributed by atoms with van der Waals surface area (Å²) in [6.07, 6.45) is 3.49. The smallest absolute Gasteiger partial charge is 0.260 e. The Hall–Kier alpha value is -4.41. The van der Waals surface area contributed by atoms with Crippen LogP contribution >= 0.6 is 22.9 Å². The van der Waals surface area contributed by atoms with Crippen molar-refractivity contribution >= 4 is 57.0 Å². The lowest BCUT2D eigenvalue weighted by molar-refractivity contribution is -0.120. The molecule has 190 valence electrons. The predicted molar refractivity (Wildman–Crippen MR) is 146 cm³/mol. The molecule has 5 aromatic rings. The van der Waals surface area contributed by atoms with Crippen molar-refractivity contribution in [2.24, 2.45) is 5.10 Å². The van der Waals surface area contributed by atoms with E-state index in [-0.39, 0.29) is 17.1 Å². The normalized spacial score (nSPS) is 11.2. The molecule has 0 bridgehead atoms. The quantitative estimate of drug-likeness (QED) is 0.204. The van der Waals surface area contributed by atoms with Gasteiger partial charge >= 0.3 is 0 Å². The summed E-state index contributed by atoms with van der Waals surface area (Å²) in [6, 6.07) is 21.2. The molecule has 0 aliphatic carbocycles. The Morgan fingerprint density at radius 3 is 2.61 bits per heavy atom. The molecular weight excluding hydrogens is 527 g/mol. The first-order valence-corrected chi connectivity index (χ1v) is 12.7. The summed E-state index contributed by atoms with van der Waals surface area (Å²) in [5.74, 6) is -1.68. The van der Waals surface area contributed by atoms with Crippen molar-refractivity contribution in [1.82, 2.24) is 20.2 Å². The van der Waals surface area contributed by atoms with Crippen molar-refractivity contribution in [3.63, 3.8) is 0 Å². The van der Waals surface area contributed by atoms with E-state index in [4.69, 9.17) is 11.6 Å². The number of carbonyl (C=O) groups is 2. The first-order valence-electron chi connectivity index (χ1n) is 11.5. The molecule has 0 saturated carbocycles. The summed E-state index contributed by atoms with van der Waals surface area (Å²) in [5, 5.41) is 16.6. The van der Waals surface area contributed by atoms with E-state index >= 15 is 0 Å². The number of amides is 2. The molecule has 0 saturated heterocycles. The van der Waals surface area contributed by atoms with Crippen molar-refractivity contribution in [3.05, 3.63) is 112 Å². The molecule has 2 heterocycles. The molecule has 38 heavy (non-hydrogen) atoms. The van der Waals surface area contributed by atoms with E-state index in [1.807, 2.05) is 54.7 Å². The number of nitrogens with one attached hydrogen (secondary N) is 2. The molecule has 5 rings (SSSR count). The average molecular weight is 547 g/mol. The molecule has 0 aliphatic rings. The average Bonchev–Trinajstić information content (AvgIpc) is 3.49. The van der Waals surface area contributed by atoms with Crippen molar-refractivity contribution in [3.8, 4) is 0 Å². The Balaban J connectivity index is 1.21. The minimum Gasteiger partial charge on any atom is -0.342 e. The Bertz CT molecular complexity index is 1650. The zero-order valence-electron chi connectivity index (χ0n) is 19.8. The second-order valence-electron chi connectivity index (χ2n) is 8.26. The van der Waals surface area contributed by atoms with Gasteiger partial charge in [0.25, 0.3) is 5.91 Å². The molecule has 0 atom stereocenters. The molecule has 0 radical (unpaired) electrons. The third-order valence-corrected chi connectivity index (χ3v) is 6.69. The van der Waals surface area contributed by atoms with Crippen LogP contribution in [0.3, 0.4) is 0 Å². The highest BCUT2D eigenvalue weighted by Crippen LogP contribution is 2.22. The van der Waals surface area contributed by atoms with Crippen LogP contribution in [0, 0.1) is 5.82 Å². The molecule has 11 heteroatoms. The van der Waals surface area contributed by atoms with Crippen molar-refractivity contribution in [2.75, 3.05) is 5.32 Å². The van der Waals surface area contributed by atoms with Gasteiger partial charge in [-0.3, -0.25) is 14.9 Å². The summed E-state index contributed by atoms with van der Waals surface area (Å²) >= 11 is 7.03. The first-order chi connectivity index (χ1) is 18.5. The fourth-order valence-electron chi connectivity index (χ4n) is 3.83. The summed E-state index contributed by atoms with van der Waals surface area (Å²) in [6.45, 7) is 0.657. The first kappa shape index (κ1) is 25.2. The van der Waals surface area contributed by atoms with Crippen LogP contribution in [0.5, 0.6) is 0 Å². The number of fused-ring (bicyclic) bond motifs is 1. The van der Waals surface area contributed by atoms with Crippen LogP contribution in [0.2, 0.25) is 5.02 Å². The number of carbonyl (C=O) groups excluding carboxylic acids is 2. The maximum atomic E-state index is 13.8. The second kappa shape index (κ2) is 11.3. The summed E-state index contributed by atoms with van der Waals surface area (Å²) in [7, 11) is 0. The lowest BCUT2D eigenvalue weighted by Crippen LogP contribution is -2.19. The molecule has 0 spiro atoms. The number of hydrazone groups is 1. The van der Waals surface area contributed by atoms with Gasteiger partial charge in [-0.15, -0.1) is 10.2 Å². The summed E-state index contributed by atoms with van der Waals surface area (Å²) < 4.78 is 15.9. The maximum absolute atomic E-state index is 13.8. The van der Waals surface area contributed by atoms with Gasteiger partial charge in [0.1, 0.15) is 10.8 Å². The van der Waals surface area contributed by atoms with Crippen LogP contribution in [-0.4, -0.2) is 32.8 Å². The van der Waals surface area contributed by atoms with Crippen molar-refractivity contribution < 1.29 is 14.0 Å². The number of rotatable bonds is 8. The van der Waals surface area contributed by atoms with Gasteiger partial charge in [-0.25, -0.2) is 9.82 Å². The minimum atomic E-state index is -0.643. The number of aromatic nitrogens is 3. The Kier molecular flexibility index (Phi) is 7.52. The molecule has 2 N–H and O–H groups in total. The van der Waals surface area contributed by atoms with Gasteiger partial charge in [0.2, 0.25) is 11.0 Å². The molecule has 0 fully saturated rings. The highest BCUT2D eigenvalue weighted by molar-refractivity contribution is 7.15. The minimum absolute atomic E-state index is 0.0805. The molecule has 0 unspecified atom stereocenters. The van der Waals surface area contributed by atoms with Gasteiger partial charge in [-0.1, -0.05) is 65.4 Å². The number of hydrogen-bond acceptors (Lipinski definition) is 6. The van der Waals surface area contributed by atoms with Crippen molar-refractivity contribution in [2.45, 2.75) is 13.0 Å². The number of para-hydroxylation sites is 1. The van der Waals surface area contributed by atoms with Crippen LogP contribution < -0.4 is 10.7 Å². The largest absolute Gasteiger partial charge is 0.342 e. The Labute approximate surface area is 225 Å². The van der Waals surface area contributed by atoms with Crippen LogP contribution in [0.1, 0.15) is 26.5 Å². The van der Waals surface area contributed by atoms with Gasteiger partial charge in [-0.2, -0.15) is 5.10 Å². The fourth-order valence-corrected chi connectivity index (χ4v) is 4.69. The van der Waals surface area contributed by atoms with Gasteiger partial charge in [-0.05, 0) is 35.9 Å². The number of hydrogen-bond donors (Lipinski definition) is 2. The topological polar surface area (TPSA) is 101 Å². The molecule has 3 aromatic carbocycles. The highest BCUT2D eigenvalue weighted by atomic mass is 35.5. The molecule has 2 aromatic heterocycles. The second-order valence-corrected chi connectivity index (χ2v) is 9.76. The summed E-state index contributed by atoms with van der Waals surface area (Å²) in [5.41, 5.74) is 5.39. The Morgan fingerprint density at radius 2 is 1.79 bits per heavy atom. The SMILES string of the molecule is O=C(Cc1nnc(NC(=O)c2ccccc2F)s1)N/N=C/c1cn(Cc2ccc(Cl)cc2)c2ccccc12. The third-order valence-electron chi connectivity index (χ3n) is 5.60.